The van der Waals surface area contributed by atoms with E-state index in [1.807, 2.05) is 6.92 Å². The van der Waals surface area contributed by atoms with Crippen molar-refractivity contribution in [1.82, 2.24) is 4.98 Å². The second-order valence-corrected chi connectivity index (χ2v) is 5.15. The maximum Gasteiger partial charge on any atom is 0.230 e. The second-order valence-electron chi connectivity index (χ2n) is 4.36. The molecule has 6 heteroatoms. The van der Waals surface area contributed by atoms with Gasteiger partial charge in [-0.05, 0) is 30.7 Å². The van der Waals surface area contributed by atoms with Crippen LogP contribution in [0.15, 0.2) is 30.5 Å². The SMILES string of the molecule is Cc1ccc(Cl)c(NC(=O)Cc2ccc(N)cn2)c1Cl. The maximum absolute atomic E-state index is 12.0. The van der Waals surface area contributed by atoms with Crippen molar-refractivity contribution in [3.05, 3.63) is 51.8 Å². The number of rotatable bonds is 3. The first-order valence-corrected chi connectivity index (χ1v) is 6.68. The van der Waals surface area contributed by atoms with Gasteiger partial charge in [-0.3, -0.25) is 9.78 Å². The molecule has 0 aliphatic carbocycles. The third kappa shape index (κ3) is 3.40. The first kappa shape index (κ1) is 14.6. The minimum absolute atomic E-state index is 0.126. The lowest BCUT2D eigenvalue weighted by atomic mass is 10.2. The zero-order chi connectivity index (χ0) is 14.7. The molecule has 0 saturated heterocycles. The quantitative estimate of drug-likeness (QED) is 0.912. The Morgan fingerprint density at radius 3 is 2.70 bits per heavy atom. The zero-order valence-electron chi connectivity index (χ0n) is 10.8. The van der Waals surface area contributed by atoms with Crippen LogP contribution in [0.1, 0.15) is 11.3 Å². The summed E-state index contributed by atoms with van der Waals surface area (Å²) in [4.78, 5) is 16.1. The number of hydrogen-bond acceptors (Lipinski definition) is 3. The van der Waals surface area contributed by atoms with E-state index in [0.717, 1.165) is 5.56 Å². The Balaban J connectivity index is 2.12. The van der Waals surface area contributed by atoms with Gasteiger partial charge in [0.05, 0.1) is 34.0 Å². The fraction of sp³-hybridized carbons (Fsp3) is 0.143. The molecule has 2 aromatic rings. The number of nitrogens with zero attached hydrogens (tertiary/aromatic N) is 1. The second kappa shape index (κ2) is 6.11. The highest BCUT2D eigenvalue weighted by Crippen LogP contribution is 2.32. The number of nitrogens with one attached hydrogen (secondary N) is 1. The van der Waals surface area contributed by atoms with Crippen LogP contribution in [0.5, 0.6) is 0 Å². The van der Waals surface area contributed by atoms with E-state index in [0.29, 0.717) is 27.1 Å². The van der Waals surface area contributed by atoms with Crippen LogP contribution in [0.4, 0.5) is 11.4 Å². The van der Waals surface area contributed by atoms with Gasteiger partial charge in [-0.25, -0.2) is 0 Å². The molecule has 4 nitrogen and oxygen atoms in total. The van der Waals surface area contributed by atoms with Crippen molar-refractivity contribution in [2.45, 2.75) is 13.3 Å². The highest BCUT2D eigenvalue weighted by molar-refractivity contribution is 6.40. The Morgan fingerprint density at radius 1 is 1.30 bits per heavy atom. The Bertz CT molecular complexity index is 642. The number of aromatic nitrogens is 1. The number of nitrogen functional groups attached to an aromatic ring is 1. The molecule has 2 rings (SSSR count). The summed E-state index contributed by atoms with van der Waals surface area (Å²) in [6.45, 7) is 1.84. The van der Waals surface area contributed by atoms with Crippen molar-refractivity contribution < 1.29 is 4.79 Å². The van der Waals surface area contributed by atoms with Gasteiger partial charge in [-0.1, -0.05) is 29.3 Å². The molecule has 0 aliphatic rings. The first-order chi connectivity index (χ1) is 9.47. The predicted molar refractivity (Wildman–Crippen MR) is 82.2 cm³/mol. The minimum Gasteiger partial charge on any atom is -0.397 e. The lowest BCUT2D eigenvalue weighted by Crippen LogP contribution is -2.16. The van der Waals surface area contributed by atoms with Crippen LogP contribution in [0.3, 0.4) is 0 Å². The molecule has 3 N–H and O–H groups in total. The van der Waals surface area contributed by atoms with Crippen molar-refractivity contribution in [3.8, 4) is 0 Å². The molecular weight excluding hydrogens is 297 g/mol. The van der Waals surface area contributed by atoms with Gasteiger partial charge < -0.3 is 11.1 Å². The lowest BCUT2D eigenvalue weighted by molar-refractivity contribution is -0.115. The van der Waals surface area contributed by atoms with Crippen molar-refractivity contribution in [1.29, 1.82) is 0 Å². The van der Waals surface area contributed by atoms with E-state index in [2.05, 4.69) is 10.3 Å². The molecule has 104 valence electrons. The third-order valence-electron chi connectivity index (χ3n) is 2.74. The van der Waals surface area contributed by atoms with E-state index in [9.17, 15) is 4.79 Å². The van der Waals surface area contributed by atoms with Crippen LogP contribution in [-0.2, 0) is 11.2 Å². The van der Waals surface area contributed by atoms with Crippen molar-refractivity contribution in [2.75, 3.05) is 11.1 Å². The molecule has 1 aromatic heterocycles. The Labute approximate surface area is 126 Å². The minimum atomic E-state index is -0.239. The topological polar surface area (TPSA) is 68.0 Å². The van der Waals surface area contributed by atoms with E-state index in [1.54, 1.807) is 24.3 Å². The van der Waals surface area contributed by atoms with Gasteiger partial charge in [0, 0.05) is 5.69 Å². The maximum atomic E-state index is 12.0. The number of carbonyl (C=O) groups excluding carboxylic acids is 1. The van der Waals surface area contributed by atoms with Gasteiger partial charge in [0.1, 0.15) is 0 Å². The normalized spacial score (nSPS) is 10.3. The van der Waals surface area contributed by atoms with Gasteiger partial charge in [0.2, 0.25) is 5.91 Å². The number of carbonyl (C=O) groups is 1. The first-order valence-electron chi connectivity index (χ1n) is 5.92. The molecule has 0 unspecified atom stereocenters. The van der Waals surface area contributed by atoms with E-state index >= 15 is 0 Å². The molecule has 0 aliphatic heterocycles. The molecule has 0 radical (unpaired) electrons. The van der Waals surface area contributed by atoms with Crippen LogP contribution in [0, 0.1) is 6.92 Å². The highest BCUT2D eigenvalue weighted by Gasteiger charge is 2.12. The number of anilines is 2. The number of pyridine rings is 1. The van der Waals surface area contributed by atoms with E-state index < -0.39 is 0 Å². The average molecular weight is 310 g/mol. The lowest BCUT2D eigenvalue weighted by Gasteiger charge is -2.11. The number of benzene rings is 1. The fourth-order valence-electron chi connectivity index (χ4n) is 1.66. The van der Waals surface area contributed by atoms with Crippen LogP contribution >= 0.6 is 23.2 Å². The molecule has 1 heterocycles. The molecule has 0 fully saturated rings. The van der Waals surface area contributed by atoms with Crippen molar-refractivity contribution in [3.63, 3.8) is 0 Å². The number of hydrogen-bond donors (Lipinski definition) is 2. The average Bonchev–Trinajstić information content (AvgIpc) is 2.42. The van der Waals surface area contributed by atoms with Crippen molar-refractivity contribution >= 4 is 40.5 Å². The summed E-state index contributed by atoms with van der Waals surface area (Å²) in [6.07, 6.45) is 1.64. The smallest absolute Gasteiger partial charge is 0.230 e. The molecule has 0 spiro atoms. The largest absolute Gasteiger partial charge is 0.397 e. The summed E-state index contributed by atoms with van der Waals surface area (Å²) in [6, 6.07) is 6.89. The molecule has 1 aromatic carbocycles. The molecule has 0 saturated carbocycles. The van der Waals surface area contributed by atoms with E-state index in [-0.39, 0.29) is 12.3 Å². The zero-order valence-corrected chi connectivity index (χ0v) is 12.3. The van der Waals surface area contributed by atoms with Gasteiger partial charge in [-0.2, -0.15) is 0 Å². The summed E-state index contributed by atoms with van der Waals surface area (Å²) in [5.74, 6) is -0.239. The van der Waals surface area contributed by atoms with E-state index in [1.165, 1.54) is 6.20 Å². The summed E-state index contributed by atoms with van der Waals surface area (Å²) in [7, 11) is 0. The number of halogens is 2. The van der Waals surface area contributed by atoms with Gasteiger partial charge in [-0.15, -0.1) is 0 Å². The number of amides is 1. The van der Waals surface area contributed by atoms with E-state index in [4.69, 9.17) is 28.9 Å². The summed E-state index contributed by atoms with van der Waals surface area (Å²) < 4.78 is 0. The van der Waals surface area contributed by atoms with Gasteiger partial charge in [0.15, 0.2) is 0 Å². The Hall–Kier alpha value is -1.78. The van der Waals surface area contributed by atoms with Gasteiger partial charge >= 0.3 is 0 Å². The summed E-state index contributed by atoms with van der Waals surface area (Å²) >= 11 is 12.2. The Morgan fingerprint density at radius 2 is 2.05 bits per heavy atom. The highest BCUT2D eigenvalue weighted by atomic mass is 35.5. The third-order valence-corrected chi connectivity index (χ3v) is 3.54. The monoisotopic (exact) mass is 309 g/mol. The fourth-order valence-corrected chi connectivity index (χ4v) is 2.13. The van der Waals surface area contributed by atoms with Crippen LogP contribution in [-0.4, -0.2) is 10.9 Å². The molecule has 0 atom stereocenters. The van der Waals surface area contributed by atoms with Crippen molar-refractivity contribution in [2.24, 2.45) is 0 Å². The molecule has 20 heavy (non-hydrogen) atoms. The predicted octanol–water partition coefficient (Wildman–Crippen LogP) is 3.46. The molecule has 1 amide bonds. The number of aryl methyl sites for hydroxylation is 1. The van der Waals surface area contributed by atoms with Crippen LogP contribution < -0.4 is 11.1 Å². The summed E-state index contributed by atoms with van der Waals surface area (Å²) in [5, 5.41) is 3.55. The van der Waals surface area contributed by atoms with Crippen LogP contribution in [0.2, 0.25) is 10.0 Å². The number of nitrogens with two attached hydrogens (primary N) is 1. The summed E-state index contributed by atoms with van der Waals surface area (Å²) in [5.41, 5.74) is 7.99. The van der Waals surface area contributed by atoms with Crippen LogP contribution in [0.25, 0.3) is 0 Å². The standard InChI is InChI=1S/C14H13Cl2N3O/c1-8-2-5-11(15)14(13(8)16)19-12(20)6-10-4-3-9(17)7-18-10/h2-5,7H,6,17H2,1H3,(H,19,20). The van der Waals surface area contributed by atoms with Gasteiger partial charge in [0.25, 0.3) is 0 Å². The molecule has 0 bridgehead atoms. The molecular formula is C14H13Cl2N3O. The Kier molecular flexibility index (Phi) is 4.47.